The number of nitrogens with one attached hydrogen (secondary N) is 1. The lowest BCUT2D eigenvalue weighted by Crippen LogP contribution is -1.75. The molecule has 0 bridgehead atoms. The molecule has 0 saturated carbocycles. The quantitative estimate of drug-likeness (QED) is 0.738. The fourth-order valence-electron chi connectivity index (χ4n) is 1.17. The van der Waals surface area contributed by atoms with Gasteiger partial charge < -0.3 is 0 Å². The Morgan fingerprint density at radius 2 is 2.00 bits per heavy atom. The number of aromatic amines is 1. The third kappa shape index (κ3) is 1.75. The molecular formula is C10H10N2S. The summed E-state index contributed by atoms with van der Waals surface area (Å²) in [5, 5.41) is 8.18. The van der Waals surface area contributed by atoms with Gasteiger partial charge in [-0.3, -0.25) is 5.10 Å². The lowest BCUT2D eigenvalue weighted by molar-refractivity contribution is 1.01. The van der Waals surface area contributed by atoms with E-state index < -0.39 is 0 Å². The molecule has 0 amide bonds. The summed E-state index contributed by atoms with van der Waals surface area (Å²) in [6, 6.07) is 12.2. The average Bonchev–Trinajstić information content (AvgIpc) is 2.67. The molecule has 2 rings (SSSR count). The van der Waals surface area contributed by atoms with Crippen LogP contribution in [0.5, 0.6) is 0 Å². The fraction of sp³-hybridized carbons (Fsp3) is 0.100. The SMILES string of the molecule is CSc1cc(-c2ccccc2)[nH]n1. The fourth-order valence-corrected chi connectivity index (χ4v) is 1.55. The van der Waals surface area contributed by atoms with E-state index in [1.54, 1.807) is 11.8 Å². The maximum absolute atomic E-state index is 4.15. The van der Waals surface area contributed by atoms with E-state index >= 15 is 0 Å². The number of aromatic nitrogens is 2. The van der Waals surface area contributed by atoms with Gasteiger partial charge >= 0.3 is 0 Å². The number of H-pyrrole nitrogens is 1. The predicted molar refractivity (Wildman–Crippen MR) is 55.8 cm³/mol. The number of thioether (sulfide) groups is 1. The first-order valence-electron chi connectivity index (χ1n) is 4.05. The van der Waals surface area contributed by atoms with Gasteiger partial charge in [0.2, 0.25) is 0 Å². The van der Waals surface area contributed by atoms with E-state index in [9.17, 15) is 0 Å². The minimum Gasteiger partial charge on any atom is -0.277 e. The molecule has 0 unspecified atom stereocenters. The highest BCUT2D eigenvalue weighted by Gasteiger charge is 2.00. The summed E-state index contributed by atoms with van der Waals surface area (Å²) in [7, 11) is 0. The molecule has 0 radical (unpaired) electrons. The first-order chi connectivity index (χ1) is 6.40. The summed E-state index contributed by atoms with van der Waals surface area (Å²) in [5.41, 5.74) is 2.25. The van der Waals surface area contributed by atoms with Crippen LogP contribution in [0.2, 0.25) is 0 Å². The molecule has 0 saturated heterocycles. The highest BCUT2D eigenvalue weighted by atomic mass is 32.2. The van der Waals surface area contributed by atoms with Crippen LogP contribution in [0.1, 0.15) is 0 Å². The number of rotatable bonds is 2. The third-order valence-electron chi connectivity index (χ3n) is 1.85. The summed E-state index contributed by atoms with van der Waals surface area (Å²) in [5.74, 6) is 0. The minimum atomic E-state index is 1.03. The van der Waals surface area contributed by atoms with Crippen molar-refractivity contribution in [1.82, 2.24) is 10.2 Å². The van der Waals surface area contributed by atoms with Gasteiger partial charge in [0.15, 0.2) is 0 Å². The topological polar surface area (TPSA) is 28.7 Å². The Bertz CT molecular complexity index is 381. The lowest BCUT2D eigenvalue weighted by Gasteiger charge is -1.93. The van der Waals surface area contributed by atoms with Gasteiger partial charge in [0.1, 0.15) is 5.03 Å². The van der Waals surface area contributed by atoms with E-state index in [-0.39, 0.29) is 0 Å². The van der Waals surface area contributed by atoms with Gasteiger partial charge in [-0.2, -0.15) is 5.10 Å². The van der Waals surface area contributed by atoms with Gasteiger partial charge in [0.05, 0.1) is 5.69 Å². The molecule has 1 heterocycles. The first-order valence-corrected chi connectivity index (χ1v) is 5.27. The molecule has 1 aromatic carbocycles. The lowest BCUT2D eigenvalue weighted by atomic mass is 10.2. The van der Waals surface area contributed by atoms with Crippen molar-refractivity contribution in [1.29, 1.82) is 0 Å². The predicted octanol–water partition coefficient (Wildman–Crippen LogP) is 2.80. The smallest absolute Gasteiger partial charge is 0.118 e. The molecule has 13 heavy (non-hydrogen) atoms. The molecule has 2 nitrogen and oxygen atoms in total. The van der Waals surface area contributed by atoms with Crippen molar-refractivity contribution in [3.05, 3.63) is 36.4 Å². The number of hydrogen-bond acceptors (Lipinski definition) is 2. The van der Waals surface area contributed by atoms with Crippen molar-refractivity contribution in [3.8, 4) is 11.3 Å². The molecule has 3 heteroatoms. The van der Waals surface area contributed by atoms with Crippen molar-refractivity contribution in [3.63, 3.8) is 0 Å². The maximum Gasteiger partial charge on any atom is 0.118 e. The van der Waals surface area contributed by atoms with E-state index in [2.05, 4.69) is 28.4 Å². The first kappa shape index (κ1) is 8.38. The normalized spacial score (nSPS) is 10.2. The van der Waals surface area contributed by atoms with Crippen molar-refractivity contribution >= 4 is 11.8 Å². The second kappa shape index (κ2) is 3.66. The van der Waals surface area contributed by atoms with E-state index in [1.807, 2.05) is 24.5 Å². The molecule has 66 valence electrons. The van der Waals surface area contributed by atoms with Crippen LogP contribution in [0, 0.1) is 0 Å². The van der Waals surface area contributed by atoms with E-state index in [4.69, 9.17) is 0 Å². The van der Waals surface area contributed by atoms with Gasteiger partial charge in [-0.1, -0.05) is 30.3 Å². The molecule has 0 aliphatic heterocycles. The largest absolute Gasteiger partial charge is 0.277 e. The van der Waals surface area contributed by atoms with Crippen LogP contribution in [-0.4, -0.2) is 16.5 Å². The highest BCUT2D eigenvalue weighted by molar-refractivity contribution is 7.98. The molecule has 2 aromatic rings. The Hall–Kier alpha value is -1.22. The van der Waals surface area contributed by atoms with Gasteiger partial charge in [-0.15, -0.1) is 11.8 Å². The van der Waals surface area contributed by atoms with Crippen molar-refractivity contribution in [2.75, 3.05) is 6.26 Å². The molecule has 1 aromatic heterocycles. The van der Waals surface area contributed by atoms with Crippen LogP contribution in [0.15, 0.2) is 41.4 Å². The summed E-state index contributed by atoms with van der Waals surface area (Å²) in [6.45, 7) is 0. The zero-order valence-corrected chi connectivity index (χ0v) is 8.14. The van der Waals surface area contributed by atoms with Crippen LogP contribution < -0.4 is 0 Å². The van der Waals surface area contributed by atoms with Crippen molar-refractivity contribution < 1.29 is 0 Å². The summed E-state index contributed by atoms with van der Waals surface area (Å²) >= 11 is 1.64. The van der Waals surface area contributed by atoms with Crippen LogP contribution in [0.3, 0.4) is 0 Å². The number of hydrogen-bond donors (Lipinski definition) is 1. The Morgan fingerprint density at radius 3 is 2.62 bits per heavy atom. The van der Waals surface area contributed by atoms with Crippen LogP contribution in [0.4, 0.5) is 0 Å². The monoisotopic (exact) mass is 190 g/mol. The van der Waals surface area contributed by atoms with Crippen LogP contribution >= 0.6 is 11.8 Å². The number of benzene rings is 1. The molecule has 0 atom stereocenters. The molecule has 1 N–H and O–H groups in total. The second-order valence-electron chi connectivity index (χ2n) is 2.69. The second-order valence-corrected chi connectivity index (χ2v) is 3.52. The Balaban J connectivity index is 2.36. The Labute approximate surface area is 81.4 Å². The summed E-state index contributed by atoms with van der Waals surface area (Å²) < 4.78 is 0. The zero-order valence-electron chi connectivity index (χ0n) is 7.32. The van der Waals surface area contributed by atoms with Crippen LogP contribution in [-0.2, 0) is 0 Å². The summed E-state index contributed by atoms with van der Waals surface area (Å²) in [6.07, 6.45) is 2.02. The average molecular weight is 190 g/mol. The van der Waals surface area contributed by atoms with Crippen LogP contribution in [0.25, 0.3) is 11.3 Å². The van der Waals surface area contributed by atoms with E-state index in [0.717, 1.165) is 10.7 Å². The molecule has 0 spiro atoms. The van der Waals surface area contributed by atoms with Gasteiger partial charge in [-0.05, 0) is 17.9 Å². The summed E-state index contributed by atoms with van der Waals surface area (Å²) in [4.78, 5) is 0. The molecule has 0 fully saturated rings. The Morgan fingerprint density at radius 1 is 1.23 bits per heavy atom. The van der Waals surface area contributed by atoms with Crippen molar-refractivity contribution in [2.45, 2.75) is 5.03 Å². The van der Waals surface area contributed by atoms with Gasteiger partial charge in [0, 0.05) is 0 Å². The standard InChI is InChI=1S/C10H10N2S/c1-13-10-7-9(11-12-10)8-5-3-2-4-6-8/h2-7H,1H3,(H,11,12). The van der Waals surface area contributed by atoms with E-state index in [1.165, 1.54) is 5.56 Å². The number of nitrogens with zero attached hydrogens (tertiary/aromatic N) is 1. The van der Waals surface area contributed by atoms with Gasteiger partial charge in [0.25, 0.3) is 0 Å². The highest BCUT2D eigenvalue weighted by Crippen LogP contribution is 2.20. The van der Waals surface area contributed by atoms with Crippen molar-refractivity contribution in [2.24, 2.45) is 0 Å². The zero-order chi connectivity index (χ0) is 9.10. The molecule has 0 aliphatic carbocycles. The van der Waals surface area contributed by atoms with E-state index in [0.29, 0.717) is 0 Å². The maximum atomic E-state index is 4.15. The Kier molecular flexibility index (Phi) is 2.36. The molecule has 0 aliphatic rings. The third-order valence-corrected chi connectivity index (χ3v) is 2.48. The molecular weight excluding hydrogens is 180 g/mol. The minimum absolute atomic E-state index is 1.03. The van der Waals surface area contributed by atoms with Gasteiger partial charge in [-0.25, -0.2) is 0 Å².